The predicted octanol–water partition coefficient (Wildman–Crippen LogP) is 0.765. The average molecular weight is 339 g/mol. The Labute approximate surface area is 138 Å². The highest BCUT2D eigenvalue weighted by atomic mass is 32.2. The molecule has 1 amide bonds. The second-order valence-corrected chi connectivity index (χ2v) is 7.79. The van der Waals surface area contributed by atoms with Crippen LogP contribution in [0.2, 0.25) is 0 Å². The normalized spacial score (nSPS) is 18.4. The van der Waals surface area contributed by atoms with Gasteiger partial charge in [0.2, 0.25) is 15.9 Å². The Kier molecular flexibility index (Phi) is 6.15. The van der Waals surface area contributed by atoms with Gasteiger partial charge in [0.25, 0.3) is 0 Å². The number of carbonyl (C=O) groups excluding carboxylic acids is 1. The second-order valence-electron chi connectivity index (χ2n) is 5.85. The van der Waals surface area contributed by atoms with Gasteiger partial charge in [-0.25, -0.2) is 8.42 Å². The lowest BCUT2D eigenvalue weighted by atomic mass is 10.1. The third kappa shape index (κ3) is 4.31. The van der Waals surface area contributed by atoms with E-state index < -0.39 is 10.0 Å². The van der Waals surface area contributed by atoms with Gasteiger partial charge in [-0.15, -0.1) is 0 Å². The molecular weight excluding hydrogens is 314 g/mol. The summed E-state index contributed by atoms with van der Waals surface area (Å²) < 4.78 is 26.8. The fourth-order valence-corrected chi connectivity index (χ4v) is 4.29. The van der Waals surface area contributed by atoms with Crippen molar-refractivity contribution in [3.63, 3.8) is 0 Å². The van der Waals surface area contributed by atoms with E-state index in [0.717, 1.165) is 0 Å². The Morgan fingerprint density at radius 1 is 1.17 bits per heavy atom. The predicted molar refractivity (Wildman–Crippen MR) is 89.5 cm³/mol. The number of hydrogen-bond donors (Lipinski definition) is 1. The monoisotopic (exact) mass is 339 g/mol. The molecular formula is C16H25N3O3S. The first-order valence-corrected chi connectivity index (χ1v) is 9.39. The zero-order valence-electron chi connectivity index (χ0n) is 13.7. The molecule has 1 aromatic carbocycles. The summed E-state index contributed by atoms with van der Waals surface area (Å²) in [4.78, 5) is 14.5. The van der Waals surface area contributed by atoms with Crippen molar-refractivity contribution in [1.29, 1.82) is 0 Å². The van der Waals surface area contributed by atoms with Crippen molar-refractivity contribution in [1.82, 2.24) is 14.5 Å². The molecule has 0 radical (unpaired) electrons. The van der Waals surface area contributed by atoms with E-state index in [4.69, 9.17) is 0 Å². The molecule has 0 aliphatic carbocycles. The van der Waals surface area contributed by atoms with E-state index in [1.54, 1.807) is 35.2 Å². The Morgan fingerprint density at radius 3 is 2.52 bits per heavy atom. The topological polar surface area (TPSA) is 69.7 Å². The molecule has 1 atom stereocenters. The van der Waals surface area contributed by atoms with Gasteiger partial charge in [-0.05, 0) is 25.6 Å². The number of nitrogens with zero attached hydrogens (tertiary/aromatic N) is 2. The number of rotatable bonds is 5. The van der Waals surface area contributed by atoms with Crippen LogP contribution in [0.1, 0.15) is 13.3 Å². The van der Waals surface area contributed by atoms with Crippen LogP contribution < -0.4 is 5.32 Å². The Morgan fingerprint density at radius 2 is 1.87 bits per heavy atom. The lowest BCUT2D eigenvalue weighted by molar-refractivity contribution is -0.134. The van der Waals surface area contributed by atoms with Crippen molar-refractivity contribution in [2.24, 2.45) is 5.92 Å². The highest BCUT2D eigenvalue weighted by Crippen LogP contribution is 2.18. The highest BCUT2D eigenvalue weighted by Gasteiger charge is 2.29. The molecule has 1 N–H and O–H groups in total. The minimum absolute atomic E-state index is 0.0818. The van der Waals surface area contributed by atoms with Gasteiger partial charge in [-0.2, -0.15) is 4.31 Å². The fourth-order valence-electron chi connectivity index (χ4n) is 2.80. The van der Waals surface area contributed by atoms with Gasteiger partial charge in [0.05, 0.1) is 4.90 Å². The van der Waals surface area contributed by atoms with Crippen LogP contribution in [0.3, 0.4) is 0 Å². The Hall–Kier alpha value is -1.44. The molecule has 7 heteroatoms. The standard InChI is InChI=1S/C16H25N3O3S/c1-14(13-17-2)16(20)18-9-6-10-19(12-11-18)23(21,22)15-7-4-3-5-8-15/h3-5,7-8,14,17H,6,9-13H2,1-2H3. The van der Waals surface area contributed by atoms with Crippen LogP contribution in [0, 0.1) is 5.92 Å². The van der Waals surface area contributed by atoms with Crippen LogP contribution in [-0.2, 0) is 14.8 Å². The maximum atomic E-state index is 12.7. The van der Waals surface area contributed by atoms with Crippen molar-refractivity contribution in [3.05, 3.63) is 30.3 Å². The molecule has 128 valence electrons. The molecule has 1 saturated heterocycles. The number of sulfonamides is 1. The maximum absolute atomic E-state index is 12.7. The molecule has 6 nitrogen and oxygen atoms in total. The SMILES string of the molecule is CNCC(C)C(=O)N1CCCN(S(=O)(=O)c2ccccc2)CC1. The molecule has 0 saturated carbocycles. The van der Waals surface area contributed by atoms with Crippen LogP contribution in [0.15, 0.2) is 35.2 Å². The van der Waals surface area contributed by atoms with Crippen molar-refractivity contribution in [2.75, 3.05) is 39.8 Å². The van der Waals surface area contributed by atoms with E-state index in [-0.39, 0.29) is 11.8 Å². The van der Waals surface area contributed by atoms with E-state index in [1.165, 1.54) is 4.31 Å². The quantitative estimate of drug-likeness (QED) is 0.860. The summed E-state index contributed by atoms with van der Waals surface area (Å²) in [6.07, 6.45) is 0.657. The van der Waals surface area contributed by atoms with Crippen LogP contribution in [0.4, 0.5) is 0 Å². The zero-order valence-corrected chi connectivity index (χ0v) is 14.6. The number of carbonyl (C=O) groups is 1. The van der Waals surface area contributed by atoms with Crippen LogP contribution in [0.5, 0.6) is 0 Å². The molecule has 1 aliphatic rings. The molecule has 23 heavy (non-hydrogen) atoms. The number of nitrogens with one attached hydrogen (secondary N) is 1. The smallest absolute Gasteiger partial charge is 0.243 e. The Balaban J connectivity index is 2.05. The summed E-state index contributed by atoms with van der Waals surface area (Å²) in [5.74, 6) is -0.0180. The molecule has 1 aromatic rings. The first-order valence-electron chi connectivity index (χ1n) is 7.95. The molecule has 1 aliphatic heterocycles. The first kappa shape index (κ1) is 17.9. The van der Waals surface area contributed by atoms with Gasteiger partial charge in [0, 0.05) is 38.6 Å². The molecule has 1 unspecified atom stereocenters. The largest absolute Gasteiger partial charge is 0.341 e. The van der Waals surface area contributed by atoms with Crippen molar-refractivity contribution in [2.45, 2.75) is 18.2 Å². The van der Waals surface area contributed by atoms with E-state index in [2.05, 4.69) is 5.32 Å². The summed E-state index contributed by atoms with van der Waals surface area (Å²) in [7, 11) is -1.66. The summed E-state index contributed by atoms with van der Waals surface area (Å²) in [6, 6.07) is 8.46. The highest BCUT2D eigenvalue weighted by molar-refractivity contribution is 7.89. The molecule has 2 rings (SSSR count). The van der Waals surface area contributed by atoms with E-state index >= 15 is 0 Å². The molecule has 0 bridgehead atoms. The molecule has 1 heterocycles. The number of amides is 1. The van der Waals surface area contributed by atoms with Gasteiger partial charge < -0.3 is 10.2 Å². The van der Waals surface area contributed by atoms with Gasteiger partial charge in [-0.3, -0.25) is 4.79 Å². The van der Waals surface area contributed by atoms with Crippen molar-refractivity contribution < 1.29 is 13.2 Å². The van der Waals surface area contributed by atoms with Crippen LogP contribution in [0.25, 0.3) is 0 Å². The van der Waals surface area contributed by atoms with Crippen LogP contribution in [-0.4, -0.2) is 63.3 Å². The third-order valence-corrected chi connectivity index (χ3v) is 5.99. The summed E-state index contributed by atoms with van der Waals surface area (Å²) in [6.45, 7) is 4.35. The van der Waals surface area contributed by atoms with Gasteiger partial charge in [-0.1, -0.05) is 25.1 Å². The number of hydrogen-bond acceptors (Lipinski definition) is 4. The van der Waals surface area contributed by atoms with Crippen molar-refractivity contribution >= 4 is 15.9 Å². The second kappa shape index (κ2) is 7.90. The summed E-state index contributed by atoms with van der Waals surface area (Å²) in [5, 5.41) is 3.00. The summed E-state index contributed by atoms with van der Waals surface area (Å²) >= 11 is 0. The van der Waals surface area contributed by atoms with Gasteiger partial charge in [0.15, 0.2) is 0 Å². The molecule has 1 fully saturated rings. The Bertz CT molecular complexity index is 619. The lowest BCUT2D eigenvalue weighted by Crippen LogP contribution is -2.41. The molecule has 0 spiro atoms. The first-order chi connectivity index (χ1) is 11.0. The van der Waals surface area contributed by atoms with Crippen molar-refractivity contribution in [3.8, 4) is 0 Å². The minimum Gasteiger partial charge on any atom is -0.341 e. The maximum Gasteiger partial charge on any atom is 0.243 e. The van der Waals surface area contributed by atoms with Crippen LogP contribution >= 0.6 is 0 Å². The van der Waals surface area contributed by atoms with Gasteiger partial charge >= 0.3 is 0 Å². The lowest BCUT2D eigenvalue weighted by Gasteiger charge is -2.24. The van der Waals surface area contributed by atoms with E-state index in [1.807, 2.05) is 14.0 Å². The zero-order chi connectivity index (χ0) is 16.9. The average Bonchev–Trinajstić information content (AvgIpc) is 2.81. The minimum atomic E-state index is -3.48. The number of benzene rings is 1. The summed E-state index contributed by atoms with van der Waals surface area (Å²) in [5.41, 5.74) is 0. The van der Waals surface area contributed by atoms with Gasteiger partial charge in [0.1, 0.15) is 0 Å². The molecule has 0 aromatic heterocycles. The van der Waals surface area contributed by atoms with E-state index in [0.29, 0.717) is 44.0 Å². The fraction of sp³-hybridized carbons (Fsp3) is 0.562. The van der Waals surface area contributed by atoms with E-state index in [9.17, 15) is 13.2 Å². The third-order valence-electron chi connectivity index (χ3n) is 4.08.